The molecule has 3 aromatic carbocycles. The summed E-state index contributed by atoms with van der Waals surface area (Å²) in [5, 5.41) is 19.8. The summed E-state index contributed by atoms with van der Waals surface area (Å²) in [6.45, 7) is 0. The Kier molecular flexibility index (Phi) is 7.43. The first-order chi connectivity index (χ1) is 20.5. The highest BCUT2D eigenvalue weighted by atomic mass is 35.5. The Balaban J connectivity index is 1.37. The Hall–Kier alpha value is -4.28. The molecular weight excluding hydrogens is 584 g/mol. The van der Waals surface area contributed by atoms with Crippen LogP contribution in [0.4, 0.5) is 23.2 Å². The average Bonchev–Trinajstić information content (AvgIpc) is 3.71. The normalized spacial score (nSPS) is 14.9. The van der Waals surface area contributed by atoms with Crippen LogP contribution in [0.15, 0.2) is 85.1 Å². The summed E-state index contributed by atoms with van der Waals surface area (Å²) in [6.07, 6.45) is -0.101. The number of alkyl halides is 3. The Morgan fingerprint density at radius 3 is 2.47 bits per heavy atom. The lowest BCUT2D eigenvalue weighted by molar-refractivity contribution is -0.141. The van der Waals surface area contributed by atoms with Gasteiger partial charge in [0, 0.05) is 17.3 Å². The van der Waals surface area contributed by atoms with Crippen LogP contribution in [-0.2, 0) is 11.8 Å². The number of fused-ring (bicyclic) bond motifs is 1. The first-order valence-corrected chi connectivity index (χ1v) is 14.0. The number of aliphatic hydroxyl groups is 1. The number of pyridine rings is 1. The molecule has 1 aliphatic rings. The minimum absolute atomic E-state index is 0.189. The number of nitrogens with zero attached hydrogens (tertiary/aromatic N) is 3. The second kappa shape index (κ2) is 11.1. The van der Waals surface area contributed by atoms with E-state index in [0.717, 1.165) is 35.4 Å². The van der Waals surface area contributed by atoms with Crippen molar-refractivity contribution in [1.29, 1.82) is 0 Å². The number of anilines is 1. The van der Waals surface area contributed by atoms with Gasteiger partial charge in [0.2, 0.25) is 0 Å². The molecule has 0 bridgehead atoms. The van der Waals surface area contributed by atoms with Gasteiger partial charge < -0.3 is 10.4 Å². The van der Waals surface area contributed by atoms with E-state index in [0.29, 0.717) is 40.1 Å². The topological polar surface area (TPSA) is 80.0 Å². The maximum Gasteiger partial charge on any atom is 0.435 e. The Morgan fingerprint density at radius 1 is 0.977 bits per heavy atom. The zero-order chi connectivity index (χ0) is 30.4. The van der Waals surface area contributed by atoms with Gasteiger partial charge in [-0.3, -0.25) is 9.78 Å². The molecule has 0 spiro atoms. The first kappa shape index (κ1) is 28.8. The molecule has 0 aliphatic heterocycles. The van der Waals surface area contributed by atoms with E-state index < -0.39 is 34.9 Å². The fraction of sp³-hybridized carbons (Fsp3) is 0.219. The minimum atomic E-state index is -4.84. The highest BCUT2D eigenvalue weighted by Crippen LogP contribution is 2.41. The zero-order valence-electron chi connectivity index (χ0n) is 22.6. The summed E-state index contributed by atoms with van der Waals surface area (Å²) in [7, 11) is 0. The van der Waals surface area contributed by atoms with Gasteiger partial charge in [0.15, 0.2) is 5.69 Å². The number of nitrogens with one attached hydrogen (secondary N) is 1. The predicted molar refractivity (Wildman–Crippen MR) is 155 cm³/mol. The van der Waals surface area contributed by atoms with Crippen molar-refractivity contribution in [3.8, 4) is 5.69 Å². The second-order valence-corrected chi connectivity index (χ2v) is 11.1. The van der Waals surface area contributed by atoms with Crippen LogP contribution in [0.5, 0.6) is 0 Å². The number of halogens is 5. The maximum absolute atomic E-state index is 15.1. The molecule has 1 unspecified atom stereocenters. The van der Waals surface area contributed by atoms with E-state index in [9.17, 15) is 23.1 Å². The van der Waals surface area contributed by atoms with Gasteiger partial charge in [-0.05, 0) is 83.6 Å². The summed E-state index contributed by atoms with van der Waals surface area (Å²) in [6, 6.07) is 19.3. The van der Waals surface area contributed by atoms with Crippen LogP contribution < -0.4 is 5.32 Å². The highest BCUT2D eigenvalue weighted by molar-refractivity contribution is 6.31. The summed E-state index contributed by atoms with van der Waals surface area (Å²) in [5.41, 5.74) is -2.78. The third kappa shape index (κ3) is 5.98. The lowest BCUT2D eigenvalue weighted by atomic mass is 9.84. The van der Waals surface area contributed by atoms with Crippen LogP contribution in [0.2, 0.25) is 5.02 Å². The molecule has 0 saturated heterocycles. The Morgan fingerprint density at radius 2 is 1.74 bits per heavy atom. The molecule has 2 heterocycles. The van der Waals surface area contributed by atoms with Crippen molar-refractivity contribution in [3.05, 3.63) is 119 Å². The molecule has 1 fully saturated rings. The van der Waals surface area contributed by atoms with Crippen molar-refractivity contribution in [2.75, 3.05) is 5.32 Å². The van der Waals surface area contributed by atoms with Crippen molar-refractivity contribution in [2.24, 2.45) is 5.92 Å². The highest BCUT2D eigenvalue weighted by Gasteiger charge is 2.38. The zero-order valence-corrected chi connectivity index (χ0v) is 23.3. The third-order valence-electron chi connectivity index (χ3n) is 7.65. The van der Waals surface area contributed by atoms with Crippen LogP contribution in [-0.4, -0.2) is 25.8 Å². The van der Waals surface area contributed by atoms with Crippen molar-refractivity contribution in [2.45, 2.75) is 37.5 Å². The minimum Gasteiger partial charge on any atom is -0.379 e. The van der Waals surface area contributed by atoms with E-state index >= 15 is 4.39 Å². The average molecular weight is 609 g/mol. The molecule has 220 valence electrons. The van der Waals surface area contributed by atoms with Crippen molar-refractivity contribution >= 4 is 34.0 Å². The van der Waals surface area contributed by atoms with Gasteiger partial charge in [0.05, 0.1) is 17.1 Å². The maximum atomic E-state index is 15.1. The Bertz CT molecular complexity index is 1820. The van der Waals surface area contributed by atoms with Gasteiger partial charge >= 0.3 is 6.18 Å². The summed E-state index contributed by atoms with van der Waals surface area (Å²) in [5.74, 6) is -1.35. The molecular formula is C32H25ClF4N4O2. The molecule has 1 aliphatic carbocycles. The lowest BCUT2D eigenvalue weighted by Crippen LogP contribution is -2.29. The summed E-state index contributed by atoms with van der Waals surface area (Å²) in [4.78, 5) is 17.8. The quantitative estimate of drug-likeness (QED) is 0.175. The van der Waals surface area contributed by atoms with Crippen LogP contribution in [0, 0.1) is 11.7 Å². The summed E-state index contributed by atoms with van der Waals surface area (Å²) >= 11 is 6.05. The van der Waals surface area contributed by atoms with Gasteiger partial charge in [0.25, 0.3) is 5.91 Å². The molecule has 0 radical (unpaired) electrons. The number of aromatic nitrogens is 3. The molecule has 2 N–H and O–H groups in total. The smallest absolute Gasteiger partial charge is 0.379 e. The van der Waals surface area contributed by atoms with E-state index in [-0.39, 0.29) is 11.4 Å². The van der Waals surface area contributed by atoms with E-state index in [1.165, 1.54) is 18.2 Å². The number of rotatable bonds is 8. The molecule has 1 atom stereocenters. The SMILES string of the molecule is O=C(Nc1cc(C(O)(CCC2CC2)c2ccccn2)ccc1F)c1cc(C(F)(F)F)nn1-c1ccc2cc(Cl)ccc2c1. The molecule has 1 saturated carbocycles. The second-order valence-electron chi connectivity index (χ2n) is 10.7. The number of amides is 1. The van der Waals surface area contributed by atoms with Gasteiger partial charge in [-0.25, -0.2) is 9.07 Å². The third-order valence-corrected chi connectivity index (χ3v) is 7.89. The van der Waals surface area contributed by atoms with E-state index in [2.05, 4.69) is 15.4 Å². The van der Waals surface area contributed by atoms with Crippen LogP contribution in [0.3, 0.4) is 0 Å². The van der Waals surface area contributed by atoms with Gasteiger partial charge in [-0.1, -0.05) is 48.7 Å². The van der Waals surface area contributed by atoms with Crippen LogP contribution in [0.25, 0.3) is 16.5 Å². The molecule has 2 aromatic heterocycles. The summed E-state index contributed by atoms with van der Waals surface area (Å²) < 4.78 is 57.1. The number of carbonyl (C=O) groups is 1. The van der Waals surface area contributed by atoms with Crippen LogP contribution >= 0.6 is 11.6 Å². The molecule has 6 nitrogen and oxygen atoms in total. The molecule has 11 heteroatoms. The van der Waals surface area contributed by atoms with Gasteiger partial charge in [-0.2, -0.15) is 18.3 Å². The number of benzene rings is 3. The number of hydrogen-bond donors (Lipinski definition) is 2. The lowest BCUT2D eigenvalue weighted by Gasteiger charge is -2.29. The van der Waals surface area contributed by atoms with Crippen LogP contribution in [0.1, 0.15) is 53.1 Å². The van der Waals surface area contributed by atoms with Gasteiger partial charge in [0.1, 0.15) is 17.1 Å². The van der Waals surface area contributed by atoms with Crippen molar-refractivity contribution in [3.63, 3.8) is 0 Å². The van der Waals surface area contributed by atoms with Gasteiger partial charge in [-0.15, -0.1) is 0 Å². The van der Waals surface area contributed by atoms with E-state index in [1.807, 2.05) is 0 Å². The molecule has 5 aromatic rings. The number of carbonyl (C=O) groups excluding carboxylic acids is 1. The predicted octanol–water partition coefficient (Wildman–Crippen LogP) is 7.91. The first-order valence-electron chi connectivity index (χ1n) is 13.6. The molecule has 43 heavy (non-hydrogen) atoms. The fourth-order valence-electron chi connectivity index (χ4n) is 5.13. The Labute approximate surface area is 248 Å². The van der Waals surface area contributed by atoms with E-state index in [1.54, 1.807) is 54.7 Å². The fourth-order valence-corrected chi connectivity index (χ4v) is 5.31. The molecule has 6 rings (SSSR count). The van der Waals surface area contributed by atoms with Crippen molar-refractivity contribution in [1.82, 2.24) is 14.8 Å². The number of hydrogen-bond acceptors (Lipinski definition) is 4. The standard InChI is InChI=1S/C32H25ClF4N4O2/c33-23-9-6-21-16-24(10-7-20(21)15-23)41-27(18-29(40-41)32(35,36)37)30(42)39-26-17-22(8-11-25(26)34)31(43,13-12-19-4-5-19)28-3-1-2-14-38-28/h1-3,6-11,14-19,43H,4-5,12-13H2,(H,39,42). The largest absolute Gasteiger partial charge is 0.435 e. The monoisotopic (exact) mass is 608 g/mol. The molecule has 1 amide bonds. The van der Waals surface area contributed by atoms with E-state index in [4.69, 9.17) is 11.6 Å². The van der Waals surface area contributed by atoms with Crippen molar-refractivity contribution < 1.29 is 27.5 Å².